The smallest absolute Gasteiger partial charge is 0.194 e. The van der Waals surface area contributed by atoms with Crippen molar-refractivity contribution in [2.45, 2.75) is 96.3 Å². The topological polar surface area (TPSA) is 0 Å². The number of unbranched alkanes of at least 4 members (excludes halogenated alkanes) is 1. The summed E-state index contributed by atoms with van der Waals surface area (Å²) in [4.78, 5) is 0. The highest BCUT2D eigenvalue weighted by Gasteiger charge is 2.26. The van der Waals surface area contributed by atoms with Gasteiger partial charge in [0.1, 0.15) is 0 Å². The first kappa shape index (κ1) is 22.4. The quantitative estimate of drug-likeness (QED) is 0.230. The van der Waals surface area contributed by atoms with Crippen molar-refractivity contribution in [2.75, 3.05) is 0 Å². The molecule has 2 aliphatic rings. The van der Waals surface area contributed by atoms with Crippen molar-refractivity contribution in [3.63, 3.8) is 0 Å². The highest BCUT2D eigenvalue weighted by atomic mass is 19.2. The maximum atomic E-state index is 13.5. The zero-order valence-corrected chi connectivity index (χ0v) is 17.9. The average molecular weight is 407 g/mol. The van der Waals surface area contributed by atoms with Crippen molar-refractivity contribution >= 4 is 0 Å². The molecule has 3 rings (SSSR count). The summed E-state index contributed by atoms with van der Waals surface area (Å²) < 4.78 is 40.2. The Morgan fingerprint density at radius 3 is 1.76 bits per heavy atom. The van der Waals surface area contributed by atoms with Crippen molar-refractivity contribution in [1.82, 2.24) is 0 Å². The molecule has 0 amide bonds. The van der Waals surface area contributed by atoms with Crippen LogP contribution in [0.5, 0.6) is 0 Å². The maximum Gasteiger partial charge on any atom is 0.194 e. The van der Waals surface area contributed by atoms with Gasteiger partial charge in [-0.2, -0.15) is 0 Å². The van der Waals surface area contributed by atoms with E-state index in [1.165, 1.54) is 69.9 Å². The highest BCUT2D eigenvalue weighted by Crippen LogP contribution is 2.40. The lowest BCUT2D eigenvalue weighted by atomic mass is 9.74. The lowest BCUT2D eigenvalue weighted by molar-refractivity contribution is 0.223. The Kier molecular flexibility index (Phi) is 8.68. The summed E-state index contributed by atoms with van der Waals surface area (Å²) in [7, 11) is 0. The minimum atomic E-state index is -1.35. The largest absolute Gasteiger partial charge is 0.204 e. The average Bonchev–Trinajstić information content (AvgIpc) is 2.74. The lowest BCUT2D eigenvalue weighted by Crippen LogP contribution is -2.18. The van der Waals surface area contributed by atoms with Gasteiger partial charge < -0.3 is 0 Å². The van der Waals surface area contributed by atoms with Gasteiger partial charge in [-0.25, -0.2) is 13.2 Å². The van der Waals surface area contributed by atoms with Crippen LogP contribution in [0.4, 0.5) is 13.2 Å². The molecule has 0 radical (unpaired) electrons. The van der Waals surface area contributed by atoms with E-state index >= 15 is 0 Å². The highest BCUT2D eigenvalue weighted by molar-refractivity contribution is 5.23. The van der Waals surface area contributed by atoms with E-state index in [1.807, 2.05) is 0 Å². The second-order valence-electron chi connectivity index (χ2n) is 9.48. The normalized spacial score (nSPS) is 28.1. The van der Waals surface area contributed by atoms with Crippen LogP contribution in [0.15, 0.2) is 24.3 Å². The van der Waals surface area contributed by atoms with Crippen molar-refractivity contribution in [2.24, 2.45) is 17.8 Å². The molecule has 0 aromatic heterocycles. The first-order chi connectivity index (χ1) is 14.1. The van der Waals surface area contributed by atoms with E-state index in [4.69, 9.17) is 0 Å². The second kappa shape index (κ2) is 11.2. The Labute approximate surface area is 175 Å². The summed E-state index contributed by atoms with van der Waals surface area (Å²) in [5, 5.41) is 0. The molecule has 0 spiro atoms. The summed E-state index contributed by atoms with van der Waals surface area (Å²) in [6.45, 7) is 2.10. The zero-order chi connectivity index (χ0) is 20.6. The number of benzene rings is 1. The second-order valence-corrected chi connectivity index (χ2v) is 9.48. The molecule has 0 bridgehead atoms. The summed E-state index contributed by atoms with van der Waals surface area (Å²) in [5.74, 6) is -0.689. The van der Waals surface area contributed by atoms with Crippen molar-refractivity contribution in [3.05, 3.63) is 47.3 Å². The Morgan fingerprint density at radius 1 is 0.759 bits per heavy atom. The van der Waals surface area contributed by atoms with E-state index < -0.39 is 17.5 Å². The van der Waals surface area contributed by atoms with Gasteiger partial charge in [0.15, 0.2) is 17.5 Å². The van der Waals surface area contributed by atoms with E-state index in [9.17, 15) is 13.2 Å². The number of hydrogen-bond donors (Lipinski definition) is 0. The monoisotopic (exact) mass is 406 g/mol. The van der Waals surface area contributed by atoms with Gasteiger partial charge in [0.2, 0.25) is 0 Å². The fraction of sp³-hybridized carbons (Fsp3) is 0.692. The summed E-state index contributed by atoms with van der Waals surface area (Å²) in [6.07, 6.45) is 20.9. The SMILES string of the molecule is C/C=C/CCC[C@H]1CC[C@H](CC[C@H]2CC[C@H](c3cc(F)c(F)c(F)c3)CC2)CC1. The molecule has 2 saturated carbocycles. The minimum Gasteiger partial charge on any atom is -0.204 e. The van der Waals surface area contributed by atoms with Crippen LogP contribution >= 0.6 is 0 Å². The van der Waals surface area contributed by atoms with Crippen LogP contribution in [0, 0.1) is 35.2 Å². The Hall–Kier alpha value is -1.25. The van der Waals surface area contributed by atoms with Gasteiger partial charge in [0.05, 0.1) is 0 Å². The third-order valence-corrected chi connectivity index (χ3v) is 7.49. The van der Waals surface area contributed by atoms with Crippen molar-refractivity contribution in [3.8, 4) is 0 Å². The van der Waals surface area contributed by atoms with Gasteiger partial charge >= 0.3 is 0 Å². The van der Waals surface area contributed by atoms with Crippen LogP contribution in [-0.4, -0.2) is 0 Å². The Balaban J connectivity index is 1.34. The molecule has 0 heterocycles. The molecular weight excluding hydrogens is 369 g/mol. The molecule has 2 aliphatic carbocycles. The molecule has 0 aliphatic heterocycles. The molecule has 1 aromatic carbocycles. The van der Waals surface area contributed by atoms with E-state index in [0.717, 1.165) is 43.4 Å². The molecule has 0 saturated heterocycles. The summed E-state index contributed by atoms with van der Waals surface area (Å²) >= 11 is 0. The predicted molar refractivity (Wildman–Crippen MR) is 114 cm³/mol. The number of hydrogen-bond acceptors (Lipinski definition) is 0. The molecular formula is C26H37F3. The standard InChI is InChI=1S/C26H37F3/c1-2-3-4-5-6-19-7-9-20(10-8-19)11-12-21-13-15-22(16-14-21)23-17-24(27)26(29)25(28)18-23/h2-3,17-22H,4-16H2,1H3/b3-2+/t19-,20-,21-,22-. The van der Waals surface area contributed by atoms with Crippen LogP contribution in [0.2, 0.25) is 0 Å². The van der Waals surface area contributed by atoms with E-state index in [0.29, 0.717) is 5.56 Å². The maximum absolute atomic E-state index is 13.5. The lowest BCUT2D eigenvalue weighted by Gasteiger charge is -2.32. The Bertz CT molecular complexity index is 627. The van der Waals surface area contributed by atoms with Crippen molar-refractivity contribution < 1.29 is 13.2 Å². The molecule has 1 aromatic rings. The van der Waals surface area contributed by atoms with Gasteiger partial charge in [0, 0.05) is 0 Å². The molecule has 29 heavy (non-hydrogen) atoms. The molecule has 0 nitrogen and oxygen atoms in total. The van der Waals surface area contributed by atoms with Gasteiger partial charge in [-0.1, -0.05) is 57.1 Å². The first-order valence-electron chi connectivity index (χ1n) is 11.8. The van der Waals surface area contributed by atoms with Crippen LogP contribution in [-0.2, 0) is 0 Å². The van der Waals surface area contributed by atoms with Crippen LogP contribution in [0.1, 0.15) is 102 Å². The number of halogens is 3. The van der Waals surface area contributed by atoms with Gasteiger partial charge in [0.25, 0.3) is 0 Å². The van der Waals surface area contributed by atoms with Gasteiger partial charge in [-0.05, 0) is 86.8 Å². The molecule has 0 atom stereocenters. The number of rotatable bonds is 8. The molecule has 2 fully saturated rings. The van der Waals surface area contributed by atoms with Crippen LogP contribution < -0.4 is 0 Å². The van der Waals surface area contributed by atoms with Gasteiger partial charge in [-0.3, -0.25) is 0 Å². The summed E-state index contributed by atoms with van der Waals surface area (Å²) in [5.41, 5.74) is 0.632. The summed E-state index contributed by atoms with van der Waals surface area (Å²) in [6, 6.07) is 2.39. The van der Waals surface area contributed by atoms with E-state index in [1.54, 1.807) is 0 Å². The van der Waals surface area contributed by atoms with E-state index in [2.05, 4.69) is 19.1 Å². The number of allylic oxidation sites excluding steroid dienone is 2. The predicted octanol–water partition coefficient (Wildman–Crippen LogP) is 8.71. The fourth-order valence-corrected chi connectivity index (χ4v) is 5.57. The molecule has 162 valence electrons. The minimum absolute atomic E-state index is 0.175. The first-order valence-corrected chi connectivity index (χ1v) is 11.8. The van der Waals surface area contributed by atoms with Gasteiger partial charge in [-0.15, -0.1) is 0 Å². The molecule has 0 N–H and O–H groups in total. The third-order valence-electron chi connectivity index (χ3n) is 7.49. The fourth-order valence-electron chi connectivity index (χ4n) is 5.57. The van der Waals surface area contributed by atoms with E-state index in [-0.39, 0.29) is 5.92 Å². The van der Waals surface area contributed by atoms with Crippen molar-refractivity contribution in [1.29, 1.82) is 0 Å². The third kappa shape index (κ3) is 6.62. The molecule has 3 heteroatoms. The van der Waals surface area contributed by atoms with Crippen LogP contribution in [0.25, 0.3) is 0 Å². The Morgan fingerprint density at radius 2 is 1.24 bits per heavy atom. The van der Waals surface area contributed by atoms with Crippen LogP contribution in [0.3, 0.4) is 0 Å². The molecule has 0 unspecified atom stereocenters. The zero-order valence-electron chi connectivity index (χ0n) is 17.9.